The van der Waals surface area contributed by atoms with Gasteiger partial charge in [-0.05, 0) is 23.6 Å². The Hall–Kier alpha value is -1.40. The van der Waals surface area contributed by atoms with E-state index in [0.29, 0.717) is 6.07 Å². The molecule has 0 fully saturated rings. The largest absolute Gasteiger partial charge is 0.507 e. The highest BCUT2D eigenvalue weighted by Crippen LogP contribution is 2.43. The molecule has 7 heteroatoms. The van der Waals surface area contributed by atoms with Gasteiger partial charge in [-0.25, -0.2) is 0 Å². The summed E-state index contributed by atoms with van der Waals surface area (Å²) in [5, 5.41) is 9.40. The Morgan fingerprint density at radius 1 is 0.944 bits per heavy atom. The molecule has 0 saturated heterocycles. The molecule has 0 bridgehead atoms. The molecule has 0 aliphatic heterocycles. The van der Waals surface area contributed by atoms with Crippen molar-refractivity contribution in [3.8, 4) is 5.75 Å². The van der Waals surface area contributed by atoms with Crippen LogP contribution in [0.3, 0.4) is 0 Å². The second-order valence-corrected chi connectivity index (χ2v) is 4.11. The first-order chi connectivity index (χ1) is 7.94. The van der Waals surface area contributed by atoms with Crippen LogP contribution in [0.5, 0.6) is 5.75 Å². The van der Waals surface area contributed by atoms with Crippen molar-refractivity contribution in [1.82, 2.24) is 0 Å². The van der Waals surface area contributed by atoms with E-state index in [1.54, 1.807) is 0 Å². The molecule has 1 aromatic carbocycles. The smallest absolute Gasteiger partial charge is 0.419 e. The van der Waals surface area contributed by atoms with E-state index in [9.17, 15) is 31.4 Å². The molecule has 0 radical (unpaired) electrons. The molecular weight excluding hydrogens is 262 g/mol. The van der Waals surface area contributed by atoms with Crippen LogP contribution in [0.1, 0.15) is 36.5 Å². The number of hydrogen-bond donors (Lipinski definition) is 1. The highest BCUT2D eigenvalue weighted by atomic mass is 19.4. The molecule has 102 valence electrons. The minimum absolute atomic E-state index is 0.0821. The molecule has 18 heavy (non-hydrogen) atoms. The molecule has 0 atom stereocenters. The zero-order valence-electron chi connectivity index (χ0n) is 9.45. The summed E-state index contributed by atoms with van der Waals surface area (Å²) in [7, 11) is 0. The zero-order valence-corrected chi connectivity index (χ0v) is 9.45. The van der Waals surface area contributed by atoms with E-state index in [-0.39, 0.29) is 11.6 Å². The summed E-state index contributed by atoms with van der Waals surface area (Å²) < 4.78 is 75.0. The molecule has 0 unspecified atom stereocenters. The van der Waals surface area contributed by atoms with Crippen molar-refractivity contribution in [2.75, 3.05) is 0 Å². The lowest BCUT2D eigenvalue weighted by Crippen LogP contribution is -2.12. The first-order valence-corrected chi connectivity index (χ1v) is 4.96. The lowest BCUT2D eigenvalue weighted by molar-refractivity contribution is -0.143. The molecule has 1 N–H and O–H groups in total. The lowest BCUT2D eigenvalue weighted by Gasteiger charge is -2.18. The molecule has 0 spiro atoms. The van der Waals surface area contributed by atoms with Gasteiger partial charge in [-0.1, -0.05) is 13.8 Å². The van der Waals surface area contributed by atoms with Gasteiger partial charge in [-0.2, -0.15) is 26.3 Å². The van der Waals surface area contributed by atoms with Crippen LogP contribution >= 0.6 is 0 Å². The molecule has 1 nitrogen and oxygen atoms in total. The van der Waals surface area contributed by atoms with Crippen LogP contribution in [-0.2, 0) is 12.4 Å². The van der Waals surface area contributed by atoms with Gasteiger partial charge in [0.15, 0.2) is 0 Å². The molecule has 0 saturated carbocycles. The second-order valence-electron chi connectivity index (χ2n) is 4.11. The third-order valence-corrected chi connectivity index (χ3v) is 2.39. The summed E-state index contributed by atoms with van der Waals surface area (Å²) in [6.45, 7) is 2.80. The van der Waals surface area contributed by atoms with Gasteiger partial charge in [0.25, 0.3) is 0 Å². The van der Waals surface area contributed by atoms with Crippen LogP contribution in [0.15, 0.2) is 12.1 Å². The molecule has 1 rings (SSSR count). The van der Waals surface area contributed by atoms with Gasteiger partial charge >= 0.3 is 12.4 Å². The highest BCUT2D eigenvalue weighted by molar-refractivity contribution is 5.47. The second kappa shape index (κ2) is 4.37. The topological polar surface area (TPSA) is 20.2 Å². The Balaban J connectivity index is 3.58. The predicted octanol–water partition coefficient (Wildman–Crippen LogP) is 4.55. The Labute approximate surface area is 99.0 Å². The first kappa shape index (κ1) is 14.7. The number of phenols is 1. The standard InChI is InChI=1S/C11H10F6O/c1-5(2)7-3-6(10(12,13)14)4-8(9(7)18)11(15,16)17/h3-5,18H,1-2H3. The summed E-state index contributed by atoms with van der Waals surface area (Å²) >= 11 is 0. The average Bonchev–Trinajstić information content (AvgIpc) is 2.13. The van der Waals surface area contributed by atoms with Gasteiger partial charge in [-0.3, -0.25) is 0 Å². The number of alkyl halides is 6. The summed E-state index contributed by atoms with van der Waals surface area (Å²) in [5.41, 5.74) is -3.46. The van der Waals surface area contributed by atoms with Gasteiger partial charge in [0.05, 0.1) is 11.1 Å². The SMILES string of the molecule is CC(C)c1cc(C(F)(F)F)cc(C(F)(F)F)c1O. The fourth-order valence-electron chi connectivity index (χ4n) is 1.48. The van der Waals surface area contributed by atoms with Gasteiger partial charge in [0.1, 0.15) is 5.75 Å². The molecular formula is C11H10F6O. The summed E-state index contributed by atoms with van der Waals surface area (Å²) in [5.74, 6) is -1.81. The molecule has 0 aliphatic carbocycles. The van der Waals surface area contributed by atoms with Crippen molar-refractivity contribution in [3.05, 3.63) is 28.8 Å². The van der Waals surface area contributed by atoms with Crippen LogP contribution in [-0.4, -0.2) is 5.11 Å². The number of halogens is 6. The normalized spacial score (nSPS) is 13.2. The molecule has 0 amide bonds. The third-order valence-electron chi connectivity index (χ3n) is 2.39. The van der Waals surface area contributed by atoms with E-state index in [4.69, 9.17) is 0 Å². The van der Waals surface area contributed by atoms with Crippen molar-refractivity contribution in [1.29, 1.82) is 0 Å². The summed E-state index contributed by atoms with van der Waals surface area (Å²) in [4.78, 5) is 0. The Bertz CT molecular complexity index is 444. The quantitative estimate of drug-likeness (QED) is 0.743. The predicted molar refractivity (Wildman–Crippen MR) is 52.2 cm³/mol. The van der Waals surface area contributed by atoms with Gasteiger partial charge in [-0.15, -0.1) is 0 Å². The number of aromatic hydroxyl groups is 1. The Morgan fingerprint density at radius 3 is 1.78 bits per heavy atom. The molecule has 0 aliphatic rings. The summed E-state index contributed by atoms with van der Waals surface area (Å²) in [6.07, 6.45) is -9.92. The van der Waals surface area contributed by atoms with Crippen LogP contribution in [0.4, 0.5) is 26.3 Å². The van der Waals surface area contributed by atoms with E-state index in [1.807, 2.05) is 0 Å². The average molecular weight is 272 g/mol. The lowest BCUT2D eigenvalue weighted by atomic mass is 9.95. The minimum atomic E-state index is -5.03. The number of hydrogen-bond acceptors (Lipinski definition) is 1. The fraction of sp³-hybridized carbons (Fsp3) is 0.455. The van der Waals surface area contributed by atoms with E-state index < -0.39 is 35.1 Å². The van der Waals surface area contributed by atoms with Crippen molar-refractivity contribution >= 4 is 0 Å². The monoisotopic (exact) mass is 272 g/mol. The fourth-order valence-corrected chi connectivity index (χ4v) is 1.48. The van der Waals surface area contributed by atoms with Crippen LogP contribution in [0.25, 0.3) is 0 Å². The van der Waals surface area contributed by atoms with Crippen molar-refractivity contribution < 1.29 is 31.4 Å². The summed E-state index contributed by atoms with van der Waals surface area (Å²) in [6, 6.07) is 0.455. The Kier molecular flexibility index (Phi) is 3.56. The van der Waals surface area contributed by atoms with Crippen molar-refractivity contribution in [2.45, 2.75) is 32.1 Å². The van der Waals surface area contributed by atoms with Gasteiger partial charge in [0, 0.05) is 0 Å². The minimum Gasteiger partial charge on any atom is -0.507 e. The van der Waals surface area contributed by atoms with Crippen molar-refractivity contribution in [3.63, 3.8) is 0 Å². The van der Waals surface area contributed by atoms with Crippen LogP contribution in [0, 0.1) is 0 Å². The maximum Gasteiger partial charge on any atom is 0.419 e. The third kappa shape index (κ3) is 2.88. The first-order valence-electron chi connectivity index (χ1n) is 4.96. The van der Waals surface area contributed by atoms with Crippen molar-refractivity contribution in [2.24, 2.45) is 0 Å². The number of rotatable bonds is 1. The van der Waals surface area contributed by atoms with E-state index in [2.05, 4.69) is 0 Å². The van der Waals surface area contributed by atoms with E-state index >= 15 is 0 Å². The molecule has 1 aromatic rings. The number of benzene rings is 1. The van der Waals surface area contributed by atoms with E-state index in [0.717, 1.165) is 0 Å². The molecule has 0 aromatic heterocycles. The Morgan fingerprint density at radius 2 is 1.44 bits per heavy atom. The maximum absolute atomic E-state index is 12.5. The highest BCUT2D eigenvalue weighted by Gasteiger charge is 2.40. The van der Waals surface area contributed by atoms with Crippen LogP contribution < -0.4 is 0 Å². The van der Waals surface area contributed by atoms with Gasteiger partial charge < -0.3 is 5.11 Å². The van der Waals surface area contributed by atoms with E-state index in [1.165, 1.54) is 13.8 Å². The maximum atomic E-state index is 12.5. The molecule has 0 heterocycles. The number of phenolic OH excluding ortho intramolecular Hbond substituents is 1. The zero-order chi connectivity index (χ0) is 14.3. The van der Waals surface area contributed by atoms with Crippen LogP contribution in [0.2, 0.25) is 0 Å². The van der Waals surface area contributed by atoms with Gasteiger partial charge in [0.2, 0.25) is 0 Å².